The number of anilines is 2. The minimum atomic E-state index is -4.54. The molecule has 0 aliphatic carbocycles. The van der Waals surface area contributed by atoms with Crippen molar-refractivity contribution in [2.75, 3.05) is 10.6 Å². The Morgan fingerprint density at radius 2 is 1.87 bits per heavy atom. The number of urea groups is 1. The number of nitrogens with zero attached hydrogens (tertiary/aromatic N) is 2. The third-order valence-corrected chi connectivity index (χ3v) is 5.43. The molecule has 2 N–H and O–H groups in total. The molecule has 0 aliphatic rings. The van der Waals surface area contributed by atoms with Crippen LogP contribution in [0, 0.1) is 0 Å². The van der Waals surface area contributed by atoms with E-state index in [0.29, 0.717) is 5.69 Å². The lowest BCUT2D eigenvalue weighted by Crippen LogP contribution is -2.20. The fourth-order valence-corrected chi connectivity index (χ4v) is 3.77. The van der Waals surface area contributed by atoms with Gasteiger partial charge in [-0.3, -0.25) is 0 Å². The second-order valence-corrected chi connectivity index (χ2v) is 7.58. The number of halogens is 4. The molecule has 2 heterocycles. The first-order chi connectivity index (χ1) is 14.3. The molecule has 0 aliphatic heterocycles. The number of pyridine rings is 1. The molecule has 0 saturated heterocycles. The smallest absolute Gasteiger partial charge is 0.308 e. The van der Waals surface area contributed by atoms with Gasteiger partial charge in [0.2, 0.25) is 0 Å². The second kappa shape index (κ2) is 7.92. The zero-order valence-electron chi connectivity index (χ0n) is 15.0. The molecule has 5 nitrogen and oxygen atoms in total. The van der Waals surface area contributed by atoms with E-state index in [1.54, 1.807) is 30.5 Å². The number of hydrogen-bond acceptors (Lipinski definition) is 4. The molecule has 30 heavy (non-hydrogen) atoms. The van der Waals surface area contributed by atoms with Crippen molar-refractivity contribution in [3.63, 3.8) is 0 Å². The molecule has 0 spiro atoms. The average Bonchev–Trinajstić information content (AvgIpc) is 3.13. The van der Waals surface area contributed by atoms with Crippen molar-refractivity contribution >= 4 is 50.7 Å². The Bertz CT molecular complexity index is 1210. The minimum Gasteiger partial charge on any atom is -0.308 e. The van der Waals surface area contributed by atoms with Gasteiger partial charge in [0.15, 0.2) is 0 Å². The van der Waals surface area contributed by atoms with E-state index >= 15 is 0 Å². The van der Waals surface area contributed by atoms with Gasteiger partial charge >= 0.3 is 12.2 Å². The summed E-state index contributed by atoms with van der Waals surface area (Å²) >= 11 is 7.33. The molecule has 0 atom stereocenters. The van der Waals surface area contributed by atoms with Gasteiger partial charge in [0.25, 0.3) is 0 Å². The van der Waals surface area contributed by atoms with Gasteiger partial charge in [0.1, 0.15) is 15.4 Å². The highest BCUT2D eigenvalue weighted by atomic mass is 35.5. The Morgan fingerprint density at radius 3 is 2.63 bits per heavy atom. The van der Waals surface area contributed by atoms with Crippen LogP contribution in [0.3, 0.4) is 0 Å². The zero-order chi connectivity index (χ0) is 21.3. The van der Waals surface area contributed by atoms with Gasteiger partial charge in [-0.2, -0.15) is 13.2 Å². The van der Waals surface area contributed by atoms with Crippen molar-refractivity contribution in [2.45, 2.75) is 6.18 Å². The second-order valence-electron chi connectivity index (χ2n) is 6.20. The Balaban J connectivity index is 1.52. The normalized spacial score (nSPS) is 11.5. The highest BCUT2D eigenvalue weighted by molar-refractivity contribution is 7.21. The van der Waals surface area contributed by atoms with Crippen molar-refractivity contribution in [1.29, 1.82) is 0 Å². The van der Waals surface area contributed by atoms with Crippen molar-refractivity contribution in [3.05, 3.63) is 71.4 Å². The first-order valence-corrected chi connectivity index (χ1v) is 9.76. The van der Waals surface area contributed by atoms with Crippen molar-refractivity contribution in [3.8, 4) is 10.6 Å². The molecular formula is C20H12ClF3N4OS. The molecule has 4 aromatic rings. The molecule has 2 aromatic heterocycles. The van der Waals surface area contributed by atoms with Crippen LogP contribution in [-0.4, -0.2) is 16.0 Å². The SMILES string of the molecule is O=C(Nc1cccc(-c2nc3cccnc3s2)c1)Nc1cc(C(F)(F)F)ccc1Cl. The van der Waals surface area contributed by atoms with Gasteiger partial charge in [0.05, 0.1) is 16.3 Å². The Kier molecular flexibility index (Phi) is 5.31. The van der Waals surface area contributed by atoms with Crippen LogP contribution < -0.4 is 10.6 Å². The lowest BCUT2D eigenvalue weighted by molar-refractivity contribution is -0.137. The van der Waals surface area contributed by atoms with E-state index in [1.165, 1.54) is 11.3 Å². The molecule has 2 aromatic carbocycles. The highest BCUT2D eigenvalue weighted by Crippen LogP contribution is 2.34. The minimum absolute atomic E-state index is 0.00567. The number of hydrogen-bond donors (Lipinski definition) is 2. The number of benzene rings is 2. The van der Waals surface area contributed by atoms with Crippen LogP contribution >= 0.6 is 22.9 Å². The zero-order valence-corrected chi connectivity index (χ0v) is 16.6. The fourth-order valence-electron chi connectivity index (χ4n) is 2.71. The van der Waals surface area contributed by atoms with E-state index in [-0.39, 0.29) is 10.7 Å². The van der Waals surface area contributed by atoms with E-state index in [2.05, 4.69) is 20.6 Å². The third kappa shape index (κ3) is 4.37. The summed E-state index contributed by atoms with van der Waals surface area (Å²) in [6.45, 7) is 0. The average molecular weight is 449 g/mol. The summed E-state index contributed by atoms with van der Waals surface area (Å²) < 4.78 is 38.7. The summed E-state index contributed by atoms with van der Waals surface area (Å²) in [5.74, 6) is 0. The van der Waals surface area contributed by atoms with Gasteiger partial charge in [-0.1, -0.05) is 35.1 Å². The van der Waals surface area contributed by atoms with Crippen molar-refractivity contribution in [1.82, 2.24) is 9.97 Å². The maximum Gasteiger partial charge on any atom is 0.416 e. The van der Waals surface area contributed by atoms with Crippen LogP contribution in [0.15, 0.2) is 60.8 Å². The number of thiazole rings is 1. The summed E-state index contributed by atoms with van der Waals surface area (Å²) in [5, 5.41) is 5.66. The number of nitrogens with one attached hydrogen (secondary N) is 2. The summed E-state index contributed by atoms with van der Waals surface area (Å²) in [7, 11) is 0. The molecule has 0 saturated carbocycles. The Hall–Kier alpha value is -3.17. The van der Waals surface area contributed by atoms with Crippen LogP contribution in [0.1, 0.15) is 5.56 Å². The lowest BCUT2D eigenvalue weighted by atomic mass is 10.2. The van der Waals surface area contributed by atoms with Gasteiger partial charge in [0, 0.05) is 17.4 Å². The fraction of sp³-hybridized carbons (Fsp3) is 0.0500. The van der Waals surface area contributed by atoms with Gasteiger partial charge in [-0.05, 0) is 42.5 Å². The van der Waals surface area contributed by atoms with Crippen LogP contribution in [0.25, 0.3) is 20.9 Å². The number of carbonyl (C=O) groups excluding carboxylic acids is 1. The first kappa shape index (κ1) is 20.1. The topological polar surface area (TPSA) is 66.9 Å². The van der Waals surface area contributed by atoms with Gasteiger partial charge < -0.3 is 10.6 Å². The number of fused-ring (bicyclic) bond motifs is 1. The van der Waals surface area contributed by atoms with Crippen molar-refractivity contribution in [2.24, 2.45) is 0 Å². The van der Waals surface area contributed by atoms with Gasteiger partial charge in [-0.15, -0.1) is 0 Å². The maximum atomic E-state index is 12.9. The van der Waals surface area contributed by atoms with E-state index in [4.69, 9.17) is 11.6 Å². The molecule has 152 valence electrons. The molecule has 10 heteroatoms. The monoisotopic (exact) mass is 448 g/mol. The number of alkyl halides is 3. The Morgan fingerprint density at radius 1 is 1.03 bits per heavy atom. The van der Waals surface area contributed by atoms with E-state index in [9.17, 15) is 18.0 Å². The van der Waals surface area contributed by atoms with Crippen molar-refractivity contribution < 1.29 is 18.0 Å². The maximum absolute atomic E-state index is 12.9. The molecule has 0 radical (unpaired) electrons. The van der Waals surface area contributed by atoms with Crippen LogP contribution in [-0.2, 0) is 6.18 Å². The van der Waals surface area contributed by atoms with Crippen LogP contribution in [0.2, 0.25) is 5.02 Å². The predicted molar refractivity (Wildman–Crippen MR) is 112 cm³/mol. The molecule has 0 fully saturated rings. The lowest BCUT2D eigenvalue weighted by Gasteiger charge is -2.12. The van der Waals surface area contributed by atoms with E-state index in [0.717, 1.165) is 39.1 Å². The molecule has 2 amide bonds. The highest BCUT2D eigenvalue weighted by Gasteiger charge is 2.31. The Labute approximate surface area is 177 Å². The van der Waals surface area contributed by atoms with E-state index < -0.39 is 17.8 Å². The number of rotatable bonds is 3. The van der Waals surface area contributed by atoms with E-state index in [1.807, 2.05) is 12.1 Å². The standard InChI is InChI=1S/C20H12ClF3N4OS/c21-14-7-6-12(20(22,23)24)10-16(14)28-19(29)26-13-4-1-3-11(9-13)17-27-15-5-2-8-25-18(15)30-17/h1-10H,(H2,26,28,29). The molecule has 0 bridgehead atoms. The predicted octanol–water partition coefficient (Wildman–Crippen LogP) is 6.67. The van der Waals surface area contributed by atoms with Crippen LogP contribution in [0.5, 0.6) is 0 Å². The summed E-state index contributed by atoms with van der Waals surface area (Å²) in [6, 6.07) is 12.6. The number of aromatic nitrogens is 2. The largest absolute Gasteiger partial charge is 0.416 e. The molecule has 4 rings (SSSR count). The summed E-state index contributed by atoms with van der Waals surface area (Å²) in [5.41, 5.74) is 0.937. The summed E-state index contributed by atoms with van der Waals surface area (Å²) in [6.07, 6.45) is -2.86. The number of carbonyl (C=O) groups is 1. The number of amides is 2. The third-order valence-electron chi connectivity index (χ3n) is 4.08. The molecular weight excluding hydrogens is 437 g/mol. The van der Waals surface area contributed by atoms with Gasteiger partial charge in [-0.25, -0.2) is 14.8 Å². The molecule has 0 unspecified atom stereocenters. The van der Waals surface area contributed by atoms with Crippen LogP contribution in [0.4, 0.5) is 29.3 Å². The first-order valence-electron chi connectivity index (χ1n) is 8.56. The quantitative estimate of drug-likeness (QED) is 0.367. The summed E-state index contributed by atoms with van der Waals surface area (Å²) in [4.78, 5) is 21.9.